The van der Waals surface area contributed by atoms with Gasteiger partial charge in [0.05, 0.1) is 11.8 Å². The van der Waals surface area contributed by atoms with Crippen molar-refractivity contribution in [1.29, 1.82) is 0 Å². The number of amides is 1. The van der Waals surface area contributed by atoms with Crippen LogP contribution in [0.2, 0.25) is 0 Å². The number of nitrogens with zero attached hydrogens (tertiary/aromatic N) is 2. The van der Waals surface area contributed by atoms with Crippen molar-refractivity contribution >= 4 is 33.6 Å². The van der Waals surface area contributed by atoms with Gasteiger partial charge in [0.2, 0.25) is 5.91 Å². The molecule has 1 amide bonds. The minimum absolute atomic E-state index is 0.00532. The van der Waals surface area contributed by atoms with E-state index in [2.05, 4.69) is 38.1 Å². The number of nitrogens with one attached hydrogen (secondary N) is 1. The third kappa shape index (κ3) is 5.05. The highest BCUT2D eigenvalue weighted by Crippen LogP contribution is 2.21. The van der Waals surface area contributed by atoms with Gasteiger partial charge in [-0.1, -0.05) is 46.7 Å². The normalized spacial score (nSPS) is 12.0. The molecule has 1 N–H and O–H groups in total. The molecule has 1 aromatic carbocycles. The van der Waals surface area contributed by atoms with Crippen molar-refractivity contribution in [3.8, 4) is 0 Å². The Hall–Kier alpha value is -1.40. The van der Waals surface area contributed by atoms with Crippen molar-refractivity contribution < 1.29 is 4.79 Å². The first-order valence-electron chi connectivity index (χ1n) is 7.90. The smallest absolute Gasteiger partial charge is 0.230 e. The van der Waals surface area contributed by atoms with Gasteiger partial charge in [-0.2, -0.15) is 0 Å². The number of benzene rings is 1. The number of thioether (sulfide) groups is 1. The maximum Gasteiger partial charge on any atom is 0.230 e. The first kappa shape index (κ1) is 18.9. The summed E-state index contributed by atoms with van der Waals surface area (Å²) in [4.78, 5) is 21.1. The fourth-order valence-electron chi connectivity index (χ4n) is 2.29. The van der Waals surface area contributed by atoms with Gasteiger partial charge in [0.1, 0.15) is 0 Å². The number of rotatable bonds is 6. The zero-order chi connectivity index (χ0) is 17.7. The second-order valence-corrected chi connectivity index (χ2v) is 7.53. The number of aryl methyl sites for hydroxylation is 2. The topological polar surface area (TPSA) is 54.9 Å². The largest absolute Gasteiger partial charge is 0.349 e. The van der Waals surface area contributed by atoms with Crippen molar-refractivity contribution in [2.24, 2.45) is 0 Å². The lowest BCUT2D eigenvalue weighted by molar-refractivity contribution is -0.119. The fourth-order valence-corrected chi connectivity index (χ4v) is 3.30. The van der Waals surface area contributed by atoms with Gasteiger partial charge in [-0.05, 0) is 50.5 Å². The van der Waals surface area contributed by atoms with E-state index in [1.807, 2.05) is 45.0 Å². The Morgan fingerprint density at radius 2 is 1.75 bits per heavy atom. The fraction of sp³-hybridized carbons (Fsp3) is 0.389. The monoisotopic (exact) mass is 407 g/mol. The molecule has 24 heavy (non-hydrogen) atoms. The third-order valence-electron chi connectivity index (χ3n) is 3.96. The standard InChI is InChI=1S/C18H22BrN3OS/c1-5-16(14-6-8-15(19)9-7-14)22-17(23)10-24-18-20-12(3)11(2)13(4)21-18/h6-9,16H,5,10H2,1-4H3,(H,22,23)/t16-/m0/s1. The summed E-state index contributed by atoms with van der Waals surface area (Å²) in [5.74, 6) is 0.309. The van der Waals surface area contributed by atoms with Gasteiger partial charge < -0.3 is 5.32 Å². The van der Waals surface area contributed by atoms with E-state index >= 15 is 0 Å². The Bertz CT molecular complexity index is 696. The molecule has 0 radical (unpaired) electrons. The molecule has 0 saturated carbocycles. The lowest BCUT2D eigenvalue weighted by Gasteiger charge is -2.17. The second kappa shape index (κ2) is 8.62. The van der Waals surface area contributed by atoms with E-state index in [4.69, 9.17) is 0 Å². The summed E-state index contributed by atoms with van der Waals surface area (Å²) in [6, 6.07) is 8.06. The highest BCUT2D eigenvalue weighted by molar-refractivity contribution is 9.10. The molecule has 1 aromatic heterocycles. The Morgan fingerprint density at radius 3 is 2.29 bits per heavy atom. The molecule has 0 bridgehead atoms. The van der Waals surface area contributed by atoms with Crippen LogP contribution in [0, 0.1) is 20.8 Å². The minimum atomic E-state index is -0.00532. The molecule has 0 unspecified atom stereocenters. The lowest BCUT2D eigenvalue weighted by atomic mass is 10.0. The van der Waals surface area contributed by atoms with E-state index in [0.29, 0.717) is 10.9 Å². The van der Waals surface area contributed by atoms with Crippen molar-refractivity contribution in [1.82, 2.24) is 15.3 Å². The third-order valence-corrected chi connectivity index (χ3v) is 5.34. The number of hydrogen-bond donors (Lipinski definition) is 1. The predicted octanol–water partition coefficient (Wildman–Crippen LogP) is 4.52. The minimum Gasteiger partial charge on any atom is -0.349 e. The van der Waals surface area contributed by atoms with E-state index in [-0.39, 0.29) is 11.9 Å². The van der Waals surface area contributed by atoms with Crippen molar-refractivity contribution in [2.75, 3.05) is 5.75 Å². The van der Waals surface area contributed by atoms with E-state index in [1.54, 1.807) is 0 Å². The molecule has 0 spiro atoms. The molecule has 1 atom stereocenters. The predicted molar refractivity (Wildman–Crippen MR) is 102 cm³/mol. The van der Waals surface area contributed by atoms with E-state index in [1.165, 1.54) is 11.8 Å². The maximum absolute atomic E-state index is 12.3. The number of carbonyl (C=O) groups is 1. The van der Waals surface area contributed by atoms with Crippen LogP contribution in [-0.4, -0.2) is 21.6 Å². The van der Waals surface area contributed by atoms with Gasteiger partial charge in [0, 0.05) is 15.9 Å². The van der Waals surface area contributed by atoms with Crippen LogP contribution >= 0.6 is 27.7 Å². The van der Waals surface area contributed by atoms with Crippen LogP contribution in [0.5, 0.6) is 0 Å². The van der Waals surface area contributed by atoms with Crippen LogP contribution in [0.15, 0.2) is 33.9 Å². The molecule has 128 valence electrons. The van der Waals surface area contributed by atoms with Crippen LogP contribution in [0.1, 0.15) is 41.9 Å². The first-order chi connectivity index (χ1) is 11.4. The zero-order valence-electron chi connectivity index (χ0n) is 14.4. The van der Waals surface area contributed by atoms with Gasteiger partial charge in [0.25, 0.3) is 0 Å². The zero-order valence-corrected chi connectivity index (χ0v) is 16.8. The SMILES string of the molecule is CC[C@H](NC(=O)CSc1nc(C)c(C)c(C)n1)c1ccc(Br)cc1. The highest BCUT2D eigenvalue weighted by Gasteiger charge is 2.14. The molecule has 6 heteroatoms. The molecule has 4 nitrogen and oxygen atoms in total. The van der Waals surface area contributed by atoms with Gasteiger partial charge in [-0.25, -0.2) is 9.97 Å². The summed E-state index contributed by atoms with van der Waals surface area (Å²) in [6.45, 7) is 8.01. The Morgan fingerprint density at radius 1 is 1.17 bits per heavy atom. The van der Waals surface area contributed by atoms with E-state index in [9.17, 15) is 4.79 Å². The molecule has 1 heterocycles. The molecule has 0 aliphatic heterocycles. The van der Waals surface area contributed by atoms with Crippen molar-refractivity contribution in [2.45, 2.75) is 45.3 Å². The highest BCUT2D eigenvalue weighted by atomic mass is 79.9. The van der Waals surface area contributed by atoms with E-state index < -0.39 is 0 Å². The summed E-state index contributed by atoms with van der Waals surface area (Å²) in [5, 5.41) is 3.74. The Labute approximate surface area is 156 Å². The van der Waals surface area contributed by atoms with Gasteiger partial charge >= 0.3 is 0 Å². The van der Waals surface area contributed by atoms with Crippen LogP contribution in [0.25, 0.3) is 0 Å². The lowest BCUT2D eigenvalue weighted by Crippen LogP contribution is -2.29. The summed E-state index contributed by atoms with van der Waals surface area (Å²) in [6.07, 6.45) is 0.845. The molecular formula is C18H22BrN3OS. The van der Waals surface area contributed by atoms with E-state index in [0.717, 1.165) is 33.4 Å². The average molecular weight is 408 g/mol. The quantitative estimate of drug-likeness (QED) is 0.564. The van der Waals surface area contributed by atoms with Crippen LogP contribution in [0.4, 0.5) is 0 Å². The van der Waals surface area contributed by atoms with Crippen LogP contribution < -0.4 is 5.32 Å². The molecule has 2 aromatic rings. The van der Waals surface area contributed by atoms with Crippen molar-refractivity contribution in [3.05, 3.63) is 51.3 Å². The molecule has 0 fully saturated rings. The molecule has 2 rings (SSSR count). The van der Waals surface area contributed by atoms with Crippen LogP contribution in [-0.2, 0) is 4.79 Å². The maximum atomic E-state index is 12.3. The Kier molecular flexibility index (Phi) is 6.80. The summed E-state index contributed by atoms with van der Waals surface area (Å²) in [5.41, 5.74) is 4.14. The van der Waals surface area contributed by atoms with Crippen LogP contribution in [0.3, 0.4) is 0 Å². The number of carbonyl (C=O) groups excluding carboxylic acids is 1. The molecule has 0 aliphatic carbocycles. The summed E-state index contributed by atoms with van der Waals surface area (Å²) >= 11 is 4.80. The number of halogens is 1. The van der Waals surface area contributed by atoms with Gasteiger partial charge in [-0.15, -0.1) is 0 Å². The second-order valence-electron chi connectivity index (χ2n) is 5.67. The number of hydrogen-bond acceptors (Lipinski definition) is 4. The number of aromatic nitrogens is 2. The first-order valence-corrected chi connectivity index (χ1v) is 9.68. The summed E-state index contributed by atoms with van der Waals surface area (Å²) in [7, 11) is 0. The molecular weight excluding hydrogens is 386 g/mol. The van der Waals surface area contributed by atoms with Gasteiger partial charge in [0.15, 0.2) is 5.16 Å². The molecule has 0 aliphatic rings. The average Bonchev–Trinajstić information content (AvgIpc) is 2.56. The van der Waals surface area contributed by atoms with Crippen molar-refractivity contribution in [3.63, 3.8) is 0 Å². The summed E-state index contributed by atoms with van der Waals surface area (Å²) < 4.78 is 1.03. The molecule has 0 saturated heterocycles. The van der Waals surface area contributed by atoms with Gasteiger partial charge in [-0.3, -0.25) is 4.79 Å². The Balaban J connectivity index is 1.96.